The Hall–Kier alpha value is -2.39. The maximum absolute atomic E-state index is 12.7. The van der Waals surface area contributed by atoms with Crippen LogP contribution in [-0.2, 0) is 12.8 Å². The smallest absolute Gasteiger partial charge is 0.261 e. The van der Waals surface area contributed by atoms with Gasteiger partial charge in [0.1, 0.15) is 0 Å². The third-order valence-corrected chi connectivity index (χ3v) is 6.91. The minimum absolute atomic E-state index is 0.0759. The molecule has 0 unspecified atom stereocenters. The van der Waals surface area contributed by atoms with Crippen LogP contribution >= 0.6 is 11.3 Å². The van der Waals surface area contributed by atoms with Crippen LogP contribution in [-0.4, -0.2) is 12.5 Å². The summed E-state index contributed by atoms with van der Waals surface area (Å²) in [5.41, 5.74) is 3.98. The number of nitrogens with one attached hydrogen (secondary N) is 1. The Morgan fingerprint density at radius 2 is 1.71 bits per heavy atom. The van der Waals surface area contributed by atoms with Gasteiger partial charge in [0.15, 0.2) is 0 Å². The molecule has 1 atom stereocenters. The lowest BCUT2D eigenvalue weighted by Gasteiger charge is -2.18. The van der Waals surface area contributed by atoms with E-state index in [0.29, 0.717) is 12.5 Å². The second-order valence-electron chi connectivity index (χ2n) is 7.83. The lowest BCUT2D eigenvalue weighted by molar-refractivity contribution is 0.0956. The number of benzene rings is 2. The summed E-state index contributed by atoms with van der Waals surface area (Å²) in [5.74, 6) is 1.10. The van der Waals surface area contributed by atoms with Gasteiger partial charge in [-0.2, -0.15) is 0 Å². The molecule has 2 aromatic carbocycles. The monoisotopic (exact) mass is 389 g/mol. The molecule has 3 heteroatoms. The summed E-state index contributed by atoms with van der Waals surface area (Å²) in [6, 6.07) is 23.3. The summed E-state index contributed by atoms with van der Waals surface area (Å²) < 4.78 is 0. The number of amides is 1. The van der Waals surface area contributed by atoms with Crippen molar-refractivity contribution < 1.29 is 4.79 Å². The van der Waals surface area contributed by atoms with Gasteiger partial charge in [-0.05, 0) is 54.4 Å². The average Bonchev–Trinajstić information content (AvgIpc) is 3.16. The molecule has 0 spiro atoms. The van der Waals surface area contributed by atoms with Gasteiger partial charge in [0.25, 0.3) is 5.91 Å². The number of carbonyl (C=O) groups excluding carboxylic acids is 1. The summed E-state index contributed by atoms with van der Waals surface area (Å²) in [4.78, 5) is 15.0. The molecule has 0 saturated carbocycles. The molecule has 2 nitrogen and oxygen atoms in total. The second kappa shape index (κ2) is 8.74. The zero-order valence-corrected chi connectivity index (χ0v) is 17.2. The largest absolute Gasteiger partial charge is 0.351 e. The van der Waals surface area contributed by atoms with Gasteiger partial charge in [0, 0.05) is 17.3 Å². The van der Waals surface area contributed by atoms with E-state index in [1.165, 1.54) is 28.0 Å². The number of thiophene rings is 1. The molecule has 0 bridgehead atoms. The summed E-state index contributed by atoms with van der Waals surface area (Å²) >= 11 is 1.69. The maximum atomic E-state index is 12.7. The molecule has 1 N–H and O–H groups in total. The molecule has 144 valence electrons. The Kier molecular flexibility index (Phi) is 5.92. The van der Waals surface area contributed by atoms with Crippen molar-refractivity contribution in [3.63, 3.8) is 0 Å². The molecule has 1 heterocycles. The third kappa shape index (κ3) is 4.36. The van der Waals surface area contributed by atoms with Crippen LogP contribution in [0.2, 0.25) is 0 Å². The van der Waals surface area contributed by atoms with E-state index >= 15 is 0 Å². The zero-order valence-electron chi connectivity index (χ0n) is 16.4. The fraction of sp³-hybridized carbons (Fsp3) is 0.320. The van der Waals surface area contributed by atoms with Crippen molar-refractivity contribution in [1.29, 1.82) is 0 Å². The van der Waals surface area contributed by atoms with Crippen molar-refractivity contribution >= 4 is 17.2 Å². The molecule has 1 aromatic heterocycles. The molecular weight excluding hydrogens is 362 g/mol. The van der Waals surface area contributed by atoms with Crippen molar-refractivity contribution in [2.45, 2.75) is 38.5 Å². The lowest BCUT2D eigenvalue weighted by atomic mass is 9.88. The first-order chi connectivity index (χ1) is 13.7. The van der Waals surface area contributed by atoms with Crippen LogP contribution in [0.1, 0.15) is 56.9 Å². The Morgan fingerprint density at radius 1 is 1.07 bits per heavy atom. The van der Waals surface area contributed by atoms with Gasteiger partial charge in [-0.3, -0.25) is 4.79 Å². The molecule has 28 heavy (non-hydrogen) atoms. The van der Waals surface area contributed by atoms with E-state index in [1.54, 1.807) is 11.3 Å². The Morgan fingerprint density at radius 3 is 2.36 bits per heavy atom. The summed E-state index contributed by atoms with van der Waals surface area (Å²) in [7, 11) is 0. The number of hydrogen-bond donors (Lipinski definition) is 1. The topological polar surface area (TPSA) is 29.1 Å². The lowest BCUT2D eigenvalue weighted by Crippen LogP contribution is -2.25. The average molecular weight is 390 g/mol. The maximum Gasteiger partial charge on any atom is 0.261 e. The number of hydrogen-bond acceptors (Lipinski definition) is 2. The van der Waals surface area contributed by atoms with E-state index in [-0.39, 0.29) is 5.91 Å². The Labute approximate surface area is 171 Å². The van der Waals surface area contributed by atoms with Gasteiger partial charge in [-0.25, -0.2) is 0 Å². The van der Waals surface area contributed by atoms with Crippen LogP contribution in [0.15, 0.2) is 66.7 Å². The number of fused-ring (bicyclic) bond motifs is 1. The normalized spacial score (nSPS) is 16.0. The number of aryl methyl sites for hydroxylation is 1. The van der Waals surface area contributed by atoms with Crippen molar-refractivity contribution in [3.05, 3.63) is 93.2 Å². The minimum atomic E-state index is 0.0759. The SMILES string of the molecule is C[C@@H]1CCc2sc(C(=O)NCCC(c3ccccc3)c3ccccc3)cc2C1. The van der Waals surface area contributed by atoms with Crippen molar-refractivity contribution in [3.8, 4) is 0 Å². The van der Waals surface area contributed by atoms with Crippen LogP contribution in [0.25, 0.3) is 0 Å². The quantitative estimate of drug-likeness (QED) is 0.565. The van der Waals surface area contributed by atoms with Gasteiger partial charge in [-0.1, -0.05) is 67.6 Å². The molecule has 0 aliphatic heterocycles. The van der Waals surface area contributed by atoms with Crippen LogP contribution in [0.4, 0.5) is 0 Å². The van der Waals surface area contributed by atoms with E-state index < -0.39 is 0 Å². The zero-order chi connectivity index (χ0) is 19.3. The van der Waals surface area contributed by atoms with Gasteiger partial charge in [0.2, 0.25) is 0 Å². The highest BCUT2D eigenvalue weighted by Crippen LogP contribution is 2.32. The van der Waals surface area contributed by atoms with Crippen LogP contribution in [0.5, 0.6) is 0 Å². The summed E-state index contributed by atoms with van der Waals surface area (Å²) in [6.45, 7) is 2.97. The van der Waals surface area contributed by atoms with Crippen molar-refractivity contribution in [1.82, 2.24) is 5.32 Å². The predicted molar refractivity (Wildman–Crippen MR) is 117 cm³/mol. The molecular formula is C25H27NOS. The van der Waals surface area contributed by atoms with Crippen molar-refractivity contribution in [2.75, 3.05) is 6.54 Å². The van der Waals surface area contributed by atoms with Crippen LogP contribution < -0.4 is 5.32 Å². The molecule has 0 fully saturated rings. The van der Waals surface area contributed by atoms with Crippen LogP contribution in [0, 0.1) is 5.92 Å². The molecule has 1 aliphatic carbocycles. The predicted octanol–water partition coefficient (Wildman–Crippen LogP) is 5.82. The second-order valence-corrected chi connectivity index (χ2v) is 8.96. The first kappa shape index (κ1) is 18.9. The van der Waals surface area contributed by atoms with E-state index in [0.717, 1.165) is 30.1 Å². The number of rotatable bonds is 6. The van der Waals surface area contributed by atoms with E-state index in [2.05, 4.69) is 66.8 Å². The van der Waals surface area contributed by atoms with Crippen LogP contribution in [0.3, 0.4) is 0 Å². The van der Waals surface area contributed by atoms with E-state index in [1.807, 2.05) is 12.1 Å². The highest BCUT2D eigenvalue weighted by atomic mass is 32.1. The molecule has 0 saturated heterocycles. The highest BCUT2D eigenvalue weighted by Gasteiger charge is 2.21. The van der Waals surface area contributed by atoms with E-state index in [4.69, 9.17) is 0 Å². The summed E-state index contributed by atoms with van der Waals surface area (Å²) in [5, 5.41) is 3.16. The first-order valence-electron chi connectivity index (χ1n) is 10.2. The minimum Gasteiger partial charge on any atom is -0.351 e. The molecule has 1 aliphatic rings. The fourth-order valence-electron chi connectivity index (χ4n) is 4.13. The fourth-order valence-corrected chi connectivity index (χ4v) is 5.26. The van der Waals surface area contributed by atoms with Gasteiger partial charge >= 0.3 is 0 Å². The first-order valence-corrected chi connectivity index (χ1v) is 11.0. The number of carbonyl (C=O) groups is 1. The van der Waals surface area contributed by atoms with Gasteiger partial charge in [0.05, 0.1) is 4.88 Å². The van der Waals surface area contributed by atoms with Gasteiger partial charge < -0.3 is 5.32 Å². The molecule has 1 amide bonds. The van der Waals surface area contributed by atoms with E-state index in [9.17, 15) is 4.79 Å². The van der Waals surface area contributed by atoms with Crippen molar-refractivity contribution in [2.24, 2.45) is 5.92 Å². The standard InChI is InChI=1S/C25H27NOS/c1-18-12-13-23-21(16-18)17-24(28-23)25(27)26-15-14-22(19-8-4-2-5-9-19)20-10-6-3-7-11-20/h2-11,17-18,22H,12-16H2,1H3,(H,26,27)/t18-/m1/s1. The molecule has 4 rings (SSSR count). The highest BCUT2D eigenvalue weighted by molar-refractivity contribution is 7.14. The third-order valence-electron chi connectivity index (χ3n) is 5.68. The Bertz CT molecular complexity index is 877. The molecule has 0 radical (unpaired) electrons. The van der Waals surface area contributed by atoms with Gasteiger partial charge in [-0.15, -0.1) is 11.3 Å². The summed E-state index contributed by atoms with van der Waals surface area (Å²) in [6.07, 6.45) is 4.37. The molecule has 3 aromatic rings. The Balaban J connectivity index is 1.41.